The van der Waals surface area contributed by atoms with E-state index >= 15 is 0 Å². The lowest BCUT2D eigenvalue weighted by molar-refractivity contribution is 0.237. The smallest absolute Gasteiger partial charge is 0.335 e. The monoisotopic (exact) mass is 372 g/mol. The second-order valence-electron chi connectivity index (χ2n) is 5.51. The Labute approximate surface area is 144 Å². The molecule has 1 atom stereocenters. The Bertz CT molecular complexity index is 818. The van der Waals surface area contributed by atoms with Gasteiger partial charge in [-0.15, -0.1) is 5.10 Å². The topological polar surface area (TPSA) is 114 Å². The number of urea groups is 1. The SMILES string of the molecule is CC(C)[C@H](NC(=O)Nc1ccc(Cl)cc1)c1nnc(S(C)(=O)=O)o1. The largest absolute Gasteiger partial charge is 0.410 e. The summed E-state index contributed by atoms with van der Waals surface area (Å²) in [7, 11) is -3.60. The van der Waals surface area contributed by atoms with E-state index in [1.54, 1.807) is 24.3 Å². The van der Waals surface area contributed by atoms with Crippen molar-refractivity contribution in [3.05, 3.63) is 35.2 Å². The van der Waals surface area contributed by atoms with E-state index in [2.05, 4.69) is 20.8 Å². The molecule has 2 rings (SSSR count). The number of carbonyl (C=O) groups excluding carboxylic acids is 1. The van der Waals surface area contributed by atoms with Crippen LogP contribution in [0, 0.1) is 5.92 Å². The number of nitrogens with one attached hydrogen (secondary N) is 2. The van der Waals surface area contributed by atoms with Crippen LogP contribution in [0.25, 0.3) is 0 Å². The van der Waals surface area contributed by atoms with Crippen LogP contribution in [-0.4, -0.2) is 30.9 Å². The predicted octanol–water partition coefficient (Wildman–Crippen LogP) is 2.65. The maximum atomic E-state index is 12.1. The lowest BCUT2D eigenvalue weighted by Crippen LogP contribution is -2.35. The minimum absolute atomic E-state index is 0.0247. The molecule has 0 aliphatic carbocycles. The van der Waals surface area contributed by atoms with E-state index in [1.807, 2.05) is 13.8 Å². The van der Waals surface area contributed by atoms with E-state index < -0.39 is 27.1 Å². The molecule has 2 amide bonds. The van der Waals surface area contributed by atoms with Gasteiger partial charge in [0.2, 0.25) is 15.7 Å². The lowest BCUT2D eigenvalue weighted by atomic mass is 10.1. The average molecular weight is 373 g/mol. The molecule has 0 aliphatic rings. The van der Waals surface area contributed by atoms with Crippen LogP contribution in [0.5, 0.6) is 0 Å². The van der Waals surface area contributed by atoms with Crippen molar-refractivity contribution >= 4 is 33.2 Å². The Morgan fingerprint density at radius 1 is 1.21 bits per heavy atom. The zero-order chi connectivity index (χ0) is 17.9. The normalized spacial score (nSPS) is 12.9. The van der Waals surface area contributed by atoms with Crippen molar-refractivity contribution in [1.29, 1.82) is 0 Å². The van der Waals surface area contributed by atoms with Gasteiger partial charge in [0.05, 0.1) is 0 Å². The number of anilines is 1. The maximum Gasteiger partial charge on any atom is 0.335 e. The highest BCUT2D eigenvalue weighted by molar-refractivity contribution is 7.90. The first-order chi connectivity index (χ1) is 11.2. The Balaban J connectivity index is 2.12. The minimum Gasteiger partial charge on any atom is -0.410 e. The molecule has 1 aromatic carbocycles. The zero-order valence-corrected chi connectivity index (χ0v) is 14.9. The van der Waals surface area contributed by atoms with E-state index in [9.17, 15) is 13.2 Å². The number of amides is 2. The van der Waals surface area contributed by atoms with Crippen LogP contribution >= 0.6 is 11.6 Å². The number of sulfone groups is 1. The Morgan fingerprint density at radius 3 is 2.33 bits per heavy atom. The molecule has 24 heavy (non-hydrogen) atoms. The molecule has 0 aliphatic heterocycles. The Kier molecular flexibility index (Phi) is 5.45. The number of aromatic nitrogens is 2. The third kappa shape index (κ3) is 4.68. The lowest BCUT2D eigenvalue weighted by Gasteiger charge is -2.19. The van der Waals surface area contributed by atoms with Crippen LogP contribution in [0.1, 0.15) is 25.8 Å². The van der Waals surface area contributed by atoms with Crippen LogP contribution in [0.2, 0.25) is 5.02 Å². The van der Waals surface area contributed by atoms with Gasteiger partial charge in [0.1, 0.15) is 6.04 Å². The Morgan fingerprint density at radius 2 is 1.83 bits per heavy atom. The van der Waals surface area contributed by atoms with Crippen molar-refractivity contribution in [1.82, 2.24) is 15.5 Å². The quantitative estimate of drug-likeness (QED) is 0.833. The first-order valence-electron chi connectivity index (χ1n) is 7.03. The molecular weight excluding hydrogens is 356 g/mol. The standard InChI is InChI=1S/C14H17ClN4O4S/c1-8(2)11(12-18-19-14(23-12)24(3,21)22)17-13(20)16-10-6-4-9(15)5-7-10/h4-8,11H,1-3H3,(H2,16,17,20)/t11-/m0/s1. The summed E-state index contributed by atoms with van der Waals surface area (Å²) in [4.78, 5) is 12.1. The van der Waals surface area contributed by atoms with E-state index in [1.165, 1.54) is 0 Å². The predicted molar refractivity (Wildman–Crippen MR) is 88.6 cm³/mol. The summed E-state index contributed by atoms with van der Waals surface area (Å²) in [6, 6.07) is 5.47. The Hall–Kier alpha value is -2.13. The molecular formula is C14H17ClN4O4S. The molecule has 130 valence electrons. The fraction of sp³-hybridized carbons (Fsp3) is 0.357. The van der Waals surface area contributed by atoms with Gasteiger partial charge >= 0.3 is 11.3 Å². The summed E-state index contributed by atoms with van der Waals surface area (Å²) in [6.45, 7) is 3.66. The number of benzene rings is 1. The highest BCUT2D eigenvalue weighted by atomic mass is 35.5. The number of halogens is 1. The van der Waals surface area contributed by atoms with Crippen LogP contribution in [-0.2, 0) is 9.84 Å². The molecule has 0 unspecified atom stereocenters. The highest BCUT2D eigenvalue weighted by Gasteiger charge is 2.26. The summed E-state index contributed by atoms with van der Waals surface area (Å²) in [5.41, 5.74) is 0.557. The maximum absolute atomic E-state index is 12.1. The fourth-order valence-corrected chi connectivity index (χ4v) is 2.40. The molecule has 1 heterocycles. The van der Waals surface area contributed by atoms with Gasteiger partial charge in [0.25, 0.3) is 0 Å². The van der Waals surface area contributed by atoms with Crippen LogP contribution in [0.4, 0.5) is 10.5 Å². The molecule has 0 radical (unpaired) electrons. The van der Waals surface area contributed by atoms with Gasteiger partial charge in [-0.1, -0.05) is 30.5 Å². The van der Waals surface area contributed by atoms with E-state index in [4.69, 9.17) is 16.0 Å². The number of hydrogen-bond acceptors (Lipinski definition) is 6. The van der Waals surface area contributed by atoms with Crippen molar-refractivity contribution in [2.45, 2.75) is 25.1 Å². The number of rotatable bonds is 5. The van der Waals surface area contributed by atoms with Gasteiger partial charge < -0.3 is 15.1 Å². The van der Waals surface area contributed by atoms with Crippen molar-refractivity contribution in [3.63, 3.8) is 0 Å². The third-order valence-electron chi connectivity index (χ3n) is 3.06. The van der Waals surface area contributed by atoms with Crippen LogP contribution in [0.3, 0.4) is 0 Å². The van der Waals surface area contributed by atoms with E-state index in [0.29, 0.717) is 10.7 Å². The molecule has 8 nitrogen and oxygen atoms in total. The highest BCUT2D eigenvalue weighted by Crippen LogP contribution is 2.22. The molecule has 10 heteroatoms. The number of hydrogen-bond donors (Lipinski definition) is 2. The summed E-state index contributed by atoms with van der Waals surface area (Å²) in [6.07, 6.45) is 0.968. The molecule has 0 saturated heterocycles. The van der Waals surface area contributed by atoms with Crippen LogP contribution < -0.4 is 10.6 Å². The molecule has 2 aromatic rings. The molecule has 0 fully saturated rings. The second kappa shape index (κ2) is 7.18. The van der Waals surface area contributed by atoms with E-state index in [-0.39, 0.29) is 11.8 Å². The van der Waals surface area contributed by atoms with Gasteiger partial charge in [-0.3, -0.25) is 0 Å². The summed E-state index contributed by atoms with van der Waals surface area (Å²) >= 11 is 5.79. The molecule has 0 spiro atoms. The fourth-order valence-electron chi connectivity index (χ4n) is 1.85. The van der Waals surface area contributed by atoms with Crippen molar-refractivity contribution < 1.29 is 17.6 Å². The minimum atomic E-state index is -3.60. The van der Waals surface area contributed by atoms with Gasteiger partial charge in [-0.05, 0) is 30.2 Å². The first kappa shape index (κ1) is 18.2. The van der Waals surface area contributed by atoms with Crippen molar-refractivity contribution in [2.75, 3.05) is 11.6 Å². The average Bonchev–Trinajstić information content (AvgIpc) is 2.96. The summed E-state index contributed by atoms with van der Waals surface area (Å²) in [5.74, 6) is -0.0782. The third-order valence-corrected chi connectivity index (χ3v) is 4.11. The summed E-state index contributed by atoms with van der Waals surface area (Å²) < 4.78 is 28.0. The van der Waals surface area contributed by atoms with Gasteiger partial charge in [0, 0.05) is 17.0 Å². The van der Waals surface area contributed by atoms with E-state index in [0.717, 1.165) is 6.26 Å². The molecule has 0 bridgehead atoms. The van der Waals surface area contributed by atoms with Crippen LogP contribution in [0.15, 0.2) is 33.9 Å². The van der Waals surface area contributed by atoms with Crippen molar-refractivity contribution in [3.8, 4) is 0 Å². The van der Waals surface area contributed by atoms with Crippen molar-refractivity contribution in [2.24, 2.45) is 5.92 Å². The van der Waals surface area contributed by atoms with Gasteiger partial charge in [-0.25, -0.2) is 13.2 Å². The first-order valence-corrected chi connectivity index (χ1v) is 9.30. The molecule has 0 saturated carbocycles. The number of nitrogens with zero attached hydrogens (tertiary/aromatic N) is 2. The molecule has 1 aromatic heterocycles. The summed E-state index contributed by atoms with van der Waals surface area (Å²) in [5, 5.41) is 12.6. The second-order valence-corrected chi connectivity index (χ2v) is 7.84. The number of carbonyl (C=O) groups is 1. The van der Waals surface area contributed by atoms with Gasteiger partial charge in [-0.2, -0.15) is 0 Å². The van der Waals surface area contributed by atoms with Gasteiger partial charge in [0.15, 0.2) is 0 Å². The molecule has 2 N–H and O–H groups in total. The zero-order valence-electron chi connectivity index (χ0n) is 13.3.